The van der Waals surface area contributed by atoms with Crippen molar-refractivity contribution >= 4 is 0 Å². The summed E-state index contributed by atoms with van der Waals surface area (Å²) in [5.41, 5.74) is 6.36. The predicted molar refractivity (Wildman–Crippen MR) is 80.4 cm³/mol. The first kappa shape index (κ1) is 15.6. The van der Waals surface area contributed by atoms with Gasteiger partial charge in [-0.2, -0.15) is 4.98 Å². The molecular formula is C15H23N5O. The highest BCUT2D eigenvalue weighted by molar-refractivity contribution is 5.46. The highest BCUT2D eigenvalue weighted by Gasteiger charge is 2.15. The first-order valence-corrected chi connectivity index (χ1v) is 7.42. The van der Waals surface area contributed by atoms with Crippen molar-refractivity contribution in [3.05, 3.63) is 24.0 Å². The number of rotatable bonds is 7. The van der Waals surface area contributed by atoms with E-state index < -0.39 is 0 Å². The van der Waals surface area contributed by atoms with E-state index in [-0.39, 0.29) is 0 Å². The van der Waals surface area contributed by atoms with Crippen molar-refractivity contribution in [3.63, 3.8) is 0 Å². The average Bonchev–Trinajstić information content (AvgIpc) is 2.92. The molecule has 2 aromatic heterocycles. The van der Waals surface area contributed by atoms with Crippen molar-refractivity contribution in [2.24, 2.45) is 17.6 Å². The molecule has 0 aliphatic heterocycles. The lowest BCUT2D eigenvalue weighted by molar-refractivity contribution is 0.313. The summed E-state index contributed by atoms with van der Waals surface area (Å²) in [6, 6.07) is 1.78. The van der Waals surface area contributed by atoms with Crippen LogP contribution in [0.1, 0.15) is 38.4 Å². The third-order valence-electron chi connectivity index (χ3n) is 3.68. The lowest BCUT2D eigenvalue weighted by Gasteiger charge is -2.18. The summed E-state index contributed by atoms with van der Waals surface area (Å²) in [5.74, 6) is 3.08. The lowest BCUT2D eigenvalue weighted by atomic mass is 9.88. The summed E-state index contributed by atoms with van der Waals surface area (Å²) < 4.78 is 5.31. The van der Waals surface area contributed by atoms with Crippen LogP contribution in [0.15, 0.2) is 16.8 Å². The molecule has 21 heavy (non-hydrogen) atoms. The maximum absolute atomic E-state index is 5.66. The predicted octanol–water partition coefficient (Wildman–Crippen LogP) is 2.39. The van der Waals surface area contributed by atoms with Crippen LogP contribution in [0.4, 0.5) is 0 Å². The zero-order chi connectivity index (χ0) is 15.2. The Kier molecular flexibility index (Phi) is 5.38. The van der Waals surface area contributed by atoms with E-state index in [0.717, 1.165) is 25.8 Å². The van der Waals surface area contributed by atoms with Gasteiger partial charge in [0.15, 0.2) is 0 Å². The zero-order valence-electron chi connectivity index (χ0n) is 12.9. The van der Waals surface area contributed by atoms with Gasteiger partial charge in [-0.3, -0.25) is 0 Å². The summed E-state index contributed by atoms with van der Waals surface area (Å²) in [6.07, 6.45) is 4.52. The van der Waals surface area contributed by atoms with Crippen LogP contribution in [0, 0.1) is 18.8 Å². The van der Waals surface area contributed by atoms with Crippen molar-refractivity contribution < 1.29 is 4.52 Å². The maximum Gasteiger partial charge on any atom is 0.227 e. The maximum atomic E-state index is 5.66. The van der Waals surface area contributed by atoms with Gasteiger partial charge in [0.2, 0.25) is 11.7 Å². The van der Waals surface area contributed by atoms with Gasteiger partial charge in [-0.25, -0.2) is 9.97 Å². The lowest BCUT2D eigenvalue weighted by Crippen LogP contribution is -2.15. The second-order valence-electron chi connectivity index (χ2n) is 5.62. The van der Waals surface area contributed by atoms with E-state index in [1.54, 1.807) is 12.3 Å². The minimum atomic E-state index is 0.524. The molecule has 6 heteroatoms. The van der Waals surface area contributed by atoms with E-state index in [2.05, 4.69) is 34.0 Å². The standard InChI is InChI=1S/C15H23N5O/c1-10(2)12(6-8-16)4-5-14-19-15(20-21-14)13-7-9-17-11(3)18-13/h7,9-10,12H,4-6,8,16H2,1-3H3. The number of hydrogen-bond acceptors (Lipinski definition) is 6. The molecule has 0 aliphatic rings. The molecule has 0 radical (unpaired) electrons. The Morgan fingerprint density at radius 3 is 2.71 bits per heavy atom. The summed E-state index contributed by atoms with van der Waals surface area (Å²) in [5, 5.41) is 4.00. The van der Waals surface area contributed by atoms with Crippen LogP contribution in [0.25, 0.3) is 11.5 Å². The van der Waals surface area contributed by atoms with Gasteiger partial charge in [-0.15, -0.1) is 0 Å². The molecule has 2 N–H and O–H groups in total. The topological polar surface area (TPSA) is 90.7 Å². The van der Waals surface area contributed by atoms with E-state index in [1.165, 1.54) is 0 Å². The van der Waals surface area contributed by atoms with E-state index >= 15 is 0 Å². The zero-order valence-corrected chi connectivity index (χ0v) is 12.9. The number of hydrogen-bond donors (Lipinski definition) is 1. The van der Waals surface area contributed by atoms with Gasteiger partial charge in [0.25, 0.3) is 0 Å². The molecule has 6 nitrogen and oxygen atoms in total. The molecule has 0 bridgehead atoms. The third kappa shape index (κ3) is 4.32. The van der Waals surface area contributed by atoms with Gasteiger partial charge in [0.05, 0.1) is 0 Å². The molecule has 2 rings (SSSR count). The first-order valence-electron chi connectivity index (χ1n) is 7.42. The summed E-state index contributed by atoms with van der Waals surface area (Å²) in [7, 11) is 0. The normalized spacial score (nSPS) is 12.8. The fourth-order valence-corrected chi connectivity index (χ4v) is 2.38. The number of nitrogens with two attached hydrogens (primary N) is 1. The average molecular weight is 289 g/mol. The van der Waals surface area contributed by atoms with E-state index in [0.29, 0.717) is 35.1 Å². The van der Waals surface area contributed by atoms with Gasteiger partial charge in [0, 0.05) is 12.6 Å². The van der Waals surface area contributed by atoms with Crippen LogP contribution in [0.3, 0.4) is 0 Å². The Bertz CT molecular complexity index is 567. The van der Waals surface area contributed by atoms with Crippen LogP contribution in [0.2, 0.25) is 0 Å². The smallest absolute Gasteiger partial charge is 0.227 e. The molecule has 0 fully saturated rings. The summed E-state index contributed by atoms with van der Waals surface area (Å²) in [4.78, 5) is 12.8. The molecule has 0 spiro atoms. The number of aryl methyl sites for hydroxylation is 2. The molecule has 0 aromatic carbocycles. The van der Waals surface area contributed by atoms with Crippen molar-refractivity contribution in [1.82, 2.24) is 20.1 Å². The molecule has 0 amide bonds. The van der Waals surface area contributed by atoms with Gasteiger partial charge < -0.3 is 10.3 Å². The Morgan fingerprint density at radius 1 is 1.24 bits per heavy atom. The highest BCUT2D eigenvalue weighted by Crippen LogP contribution is 2.21. The summed E-state index contributed by atoms with van der Waals surface area (Å²) >= 11 is 0. The minimum Gasteiger partial charge on any atom is -0.339 e. The van der Waals surface area contributed by atoms with E-state index in [1.807, 2.05) is 6.92 Å². The molecule has 1 unspecified atom stereocenters. The van der Waals surface area contributed by atoms with Gasteiger partial charge in [-0.1, -0.05) is 19.0 Å². The van der Waals surface area contributed by atoms with Crippen molar-refractivity contribution in [2.45, 2.75) is 40.0 Å². The third-order valence-corrected chi connectivity index (χ3v) is 3.68. The highest BCUT2D eigenvalue weighted by atomic mass is 16.5. The monoisotopic (exact) mass is 289 g/mol. The fraction of sp³-hybridized carbons (Fsp3) is 0.600. The van der Waals surface area contributed by atoms with Gasteiger partial charge in [-0.05, 0) is 44.2 Å². The second-order valence-corrected chi connectivity index (χ2v) is 5.62. The van der Waals surface area contributed by atoms with Crippen LogP contribution < -0.4 is 5.73 Å². The Hall–Kier alpha value is -1.82. The summed E-state index contributed by atoms with van der Waals surface area (Å²) in [6.45, 7) is 7.01. The van der Waals surface area contributed by atoms with Crippen LogP contribution in [-0.2, 0) is 6.42 Å². The molecule has 1 atom stereocenters. The minimum absolute atomic E-state index is 0.524. The first-order chi connectivity index (χ1) is 10.1. The Labute approximate surface area is 125 Å². The van der Waals surface area contributed by atoms with Crippen molar-refractivity contribution in [2.75, 3.05) is 6.54 Å². The molecule has 0 aliphatic carbocycles. The molecule has 0 saturated heterocycles. The Morgan fingerprint density at radius 2 is 2.05 bits per heavy atom. The molecule has 2 aromatic rings. The van der Waals surface area contributed by atoms with E-state index in [4.69, 9.17) is 10.3 Å². The molecule has 2 heterocycles. The van der Waals surface area contributed by atoms with Gasteiger partial charge in [0.1, 0.15) is 11.5 Å². The molecular weight excluding hydrogens is 266 g/mol. The fourth-order valence-electron chi connectivity index (χ4n) is 2.38. The van der Waals surface area contributed by atoms with Crippen LogP contribution in [0.5, 0.6) is 0 Å². The van der Waals surface area contributed by atoms with Crippen LogP contribution >= 0.6 is 0 Å². The molecule has 114 valence electrons. The second kappa shape index (κ2) is 7.26. The van der Waals surface area contributed by atoms with Crippen LogP contribution in [-0.4, -0.2) is 26.7 Å². The quantitative estimate of drug-likeness (QED) is 0.841. The Balaban J connectivity index is 2.00. The molecule has 0 saturated carbocycles. The van der Waals surface area contributed by atoms with Crippen molar-refractivity contribution in [3.8, 4) is 11.5 Å². The number of aromatic nitrogens is 4. The number of nitrogens with zero attached hydrogens (tertiary/aromatic N) is 4. The SMILES string of the molecule is Cc1nccc(-c2noc(CCC(CCN)C(C)C)n2)n1. The van der Waals surface area contributed by atoms with Gasteiger partial charge >= 0.3 is 0 Å². The van der Waals surface area contributed by atoms with E-state index in [9.17, 15) is 0 Å². The van der Waals surface area contributed by atoms with Crippen molar-refractivity contribution in [1.29, 1.82) is 0 Å². The largest absolute Gasteiger partial charge is 0.339 e.